The van der Waals surface area contributed by atoms with Crippen molar-refractivity contribution in [3.63, 3.8) is 0 Å². The number of fused-ring (bicyclic) bond motifs is 1. The normalized spacial score (nSPS) is 21.8. The molecule has 1 fully saturated rings. The minimum atomic E-state index is -1.41. The summed E-state index contributed by atoms with van der Waals surface area (Å²) in [5.41, 5.74) is 9.86. The molecule has 182 valence electrons. The Balaban J connectivity index is 1.63. The Kier molecular flexibility index (Phi) is 6.21. The molecule has 0 aliphatic carbocycles. The van der Waals surface area contributed by atoms with Crippen LogP contribution in [-0.2, 0) is 19.2 Å². The van der Waals surface area contributed by atoms with E-state index in [-0.39, 0.29) is 33.6 Å². The van der Waals surface area contributed by atoms with E-state index in [0.29, 0.717) is 5.70 Å². The van der Waals surface area contributed by atoms with E-state index in [4.69, 9.17) is 16.3 Å². The van der Waals surface area contributed by atoms with Crippen molar-refractivity contribution in [3.05, 3.63) is 46.9 Å². The largest absolute Gasteiger partial charge is 0.476 e. The number of carbonyl (C=O) groups is 4. The number of nitrogens with two attached hydrogens (primary N) is 2. The van der Waals surface area contributed by atoms with Gasteiger partial charge in [-0.15, -0.1) is 23.1 Å². The van der Waals surface area contributed by atoms with Gasteiger partial charge >= 0.3 is 5.97 Å². The van der Waals surface area contributed by atoms with Crippen molar-refractivity contribution in [2.24, 2.45) is 10.9 Å². The first-order valence-corrected chi connectivity index (χ1v) is 11.9. The highest BCUT2D eigenvalue weighted by Crippen LogP contribution is 2.46. The van der Waals surface area contributed by atoms with Crippen molar-refractivity contribution in [1.82, 2.24) is 15.2 Å². The van der Waals surface area contributed by atoms with E-state index < -0.39 is 34.6 Å². The number of oxime groups is 1. The van der Waals surface area contributed by atoms with Crippen LogP contribution in [0.2, 0.25) is 0 Å². The highest BCUT2D eigenvalue weighted by atomic mass is 32.2. The van der Waals surface area contributed by atoms with Crippen molar-refractivity contribution in [2.45, 2.75) is 17.8 Å². The standard InChI is InChI=1S/C20H19N7O6S2/c1-20(24-15(29)12(25-33-2)10-7-35-19(22)23-10)17(32)27-13(16(30)31)11(8-34-18(20)27)26-5-3-9(4-6-26)14(21)28/h3-7,18H,8H2,1-2H3,(H5-,21,22,23,24,28,29,30,31)/p+1/t18-,20+/m0/s1. The summed E-state index contributed by atoms with van der Waals surface area (Å²) in [4.78, 5) is 59.7. The number of hydrogen-bond acceptors (Lipinski definition) is 10. The lowest BCUT2D eigenvalue weighted by atomic mass is 9.88. The maximum atomic E-state index is 13.2. The molecule has 3 amide bonds. The van der Waals surface area contributed by atoms with E-state index in [1.54, 1.807) is 0 Å². The summed E-state index contributed by atoms with van der Waals surface area (Å²) in [6.07, 6.45) is 3.00. The third kappa shape index (κ3) is 4.08. The van der Waals surface area contributed by atoms with Gasteiger partial charge in [0.25, 0.3) is 11.8 Å². The number of amides is 3. The van der Waals surface area contributed by atoms with Crippen LogP contribution in [0.25, 0.3) is 5.70 Å². The quantitative estimate of drug-likeness (QED) is 0.157. The fourth-order valence-corrected chi connectivity index (χ4v) is 5.77. The maximum absolute atomic E-state index is 13.2. The predicted molar refractivity (Wildman–Crippen MR) is 126 cm³/mol. The number of thiazole rings is 1. The molecule has 0 radical (unpaired) electrons. The first-order valence-electron chi connectivity index (χ1n) is 9.96. The van der Waals surface area contributed by atoms with Gasteiger partial charge in [0, 0.05) is 17.5 Å². The lowest BCUT2D eigenvalue weighted by Gasteiger charge is -2.54. The van der Waals surface area contributed by atoms with Gasteiger partial charge in [0.2, 0.25) is 11.6 Å². The highest BCUT2D eigenvalue weighted by Gasteiger charge is 2.64. The Morgan fingerprint density at radius 2 is 2.06 bits per heavy atom. The van der Waals surface area contributed by atoms with E-state index in [1.807, 2.05) is 0 Å². The van der Waals surface area contributed by atoms with E-state index in [1.165, 1.54) is 60.3 Å². The molecule has 15 heteroatoms. The molecule has 0 spiro atoms. The number of nitrogen functional groups attached to an aromatic ring is 1. The smallest absolute Gasteiger partial charge is 0.359 e. The average Bonchev–Trinajstić information content (AvgIpc) is 3.26. The number of β-lactam (4-membered cyclic amide) rings is 1. The number of nitrogens with one attached hydrogen (secondary N) is 1. The number of carboxylic acids is 1. The van der Waals surface area contributed by atoms with Gasteiger partial charge in [-0.3, -0.25) is 19.3 Å². The number of primary amides is 1. The number of aromatic nitrogens is 2. The fourth-order valence-electron chi connectivity index (χ4n) is 3.78. The summed E-state index contributed by atoms with van der Waals surface area (Å²) in [7, 11) is 1.26. The molecular weight excluding hydrogens is 498 g/mol. The van der Waals surface area contributed by atoms with Gasteiger partial charge in [0.05, 0.1) is 11.3 Å². The molecule has 6 N–H and O–H groups in total. The molecule has 0 saturated carbocycles. The van der Waals surface area contributed by atoms with Gasteiger partial charge in [0.1, 0.15) is 23.7 Å². The van der Waals surface area contributed by atoms with Crippen LogP contribution in [0.5, 0.6) is 0 Å². The number of pyridine rings is 1. The van der Waals surface area contributed by atoms with Crippen LogP contribution in [0.3, 0.4) is 0 Å². The molecule has 2 aliphatic heterocycles. The molecule has 0 bridgehead atoms. The molecule has 0 aromatic carbocycles. The van der Waals surface area contributed by atoms with Crippen molar-refractivity contribution in [3.8, 4) is 0 Å². The minimum Gasteiger partial charge on any atom is -0.476 e. The number of thioether (sulfide) groups is 1. The van der Waals surface area contributed by atoms with Crippen LogP contribution in [0.15, 0.2) is 40.8 Å². The number of nitrogens with zero attached hydrogens (tertiary/aromatic N) is 4. The molecule has 13 nitrogen and oxygen atoms in total. The summed E-state index contributed by atoms with van der Waals surface area (Å²) >= 11 is 2.39. The van der Waals surface area contributed by atoms with Gasteiger partial charge < -0.3 is 26.7 Å². The van der Waals surface area contributed by atoms with Crippen molar-refractivity contribution >= 4 is 63.3 Å². The molecule has 2 aromatic heterocycles. The van der Waals surface area contributed by atoms with Gasteiger partial charge in [-0.25, -0.2) is 9.78 Å². The zero-order chi connectivity index (χ0) is 25.5. The first kappa shape index (κ1) is 24.2. The molecule has 2 aliphatic rings. The maximum Gasteiger partial charge on any atom is 0.359 e. The number of aliphatic carboxylic acids is 1. The second-order valence-corrected chi connectivity index (χ2v) is 9.61. The Hall–Kier alpha value is -3.98. The summed E-state index contributed by atoms with van der Waals surface area (Å²) in [5.74, 6) is -3.05. The molecule has 2 aromatic rings. The van der Waals surface area contributed by atoms with Crippen LogP contribution in [0, 0.1) is 0 Å². The molecule has 0 unspecified atom stereocenters. The molecule has 4 heterocycles. The Morgan fingerprint density at radius 3 is 2.60 bits per heavy atom. The third-order valence-electron chi connectivity index (χ3n) is 5.45. The Morgan fingerprint density at radius 1 is 1.37 bits per heavy atom. The van der Waals surface area contributed by atoms with E-state index in [2.05, 4.69) is 15.5 Å². The van der Waals surface area contributed by atoms with Crippen LogP contribution < -0.4 is 21.4 Å². The topological polar surface area (TPSA) is 194 Å². The number of rotatable bonds is 7. The predicted octanol–water partition coefficient (Wildman–Crippen LogP) is -0.794. The van der Waals surface area contributed by atoms with Crippen LogP contribution >= 0.6 is 23.1 Å². The van der Waals surface area contributed by atoms with Crippen molar-refractivity contribution in [2.75, 3.05) is 18.6 Å². The van der Waals surface area contributed by atoms with Gasteiger partial charge in [-0.2, -0.15) is 4.57 Å². The minimum absolute atomic E-state index is 0.173. The summed E-state index contributed by atoms with van der Waals surface area (Å²) < 4.78 is 1.51. The number of carbonyl (C=O) groups excluding carboxylic acids is 3. The van der Waals surface area contributed by atoms with E-state index >= 15 is 0 Å². The Bertz CT molecular complexity index is 1310. The Labute approximate surface area is 206 Å². The number of carboxylic acid groups (broad SMARTS) is 1. The second-order valence-electron chi connectivity index (χ2n) is 7.65. The molecule has 4 rings (SSSR count). The zero-order valence-corrected chi connectivity index (χ0v) is 20.1. The summed E-state index contributed by atoms with van der Waals surface area (Å²) in [6.45, 7) is 1.51. The second kappa shape index (κ2) is 8.99. The van der Waals surface area contributed by atoms with E-state index in [9.17, 15) is 24.3 Å². The SMILES string of the molecule is CON=C(C(=O)N[C@]1(C)C(=O)N2C(C(=O)O)=C([n+]3ccc(C(N)=O)cc3)CS[C@H]21)c1csc(N)n1. The van der Waals surface area contributed by atoms with Crippen LogP contribution in [0.1, 0.15) is 23.0 Å². The monoisotopic (exact) mass is 518 g/mol. The van der Waals surface area contributed by atoms with Gasteiger partial charge in [0.15, 0.2) is 28.9 Å². The van der Waals surface area contributed by atoms with Crippen LogP contribution in [-0.4, -0.2) is 68.2 Å². The molecule has 35 heavy (non-hydrogen) atoms. The fraction of sp³-hybridized carbons (Fsp3) is 0.250. The van der Waals surface area contributed by atoms with Crippen molar-refractivity contribution < 1.29 is 33.7 Å². The molecule has 2 atom stereocenters. The highest BCUT2D eigenvalue weighted by molar-refractivity contribution is 8.00. The lowest BCUT2D eigenvalue weighted by molar-refractivity contribution is -0.582. The van der Waals surface area contributed by atoms with E-state index in [0.717, 1.165) is 16.2 Å². The zero-order valence-electron chi connectivity index (χ0n) is 18.4. The molecular formula is C20H20N7O6S2+. The third-order valence-corrected chi connectivity index (χ3v) is 7.56. The first-order chi connectivity index (χ1) is 16.6. The number of hydrogen-bond donors (Lipinski definition) is 4. The summed E-state index contributed by atoms with van der Waals surface area (Å²) in [5, 5.41) is 17.4. The van der Waals surface area contributed by atoms with Crippen molar-refractivity contribution in [1.29, 1.82) is 0 Å². The van der Waals surface area contributed by atoms with Gasteiger partial charge in [-0.1, -0.05) is 5.16 Å². The lowest BCUT2D eigenvalue weighted by Crippen LogP contribution is -2.79. The van der Waals surface area contributed by atoms with Gasteiger partial charge in [-0.05, 0) is 6.92 Å². The average molecular weight is 519 g/mol. The molecule has 1 saturated heterocycles. The summed E-state index contributed by atoms with van der Waals surface area (Å²) in [6, 6.07) is 2.91. The number of anilines is 1. The van der Waals surface area contributed by atoms with Crippen LogP contribution in [0.4, 0.5) is 5.13 Å².